The fourth-order valence-electron chi connectivity index (χ4n) is 3.15. The number of aliphatic hydroxyl groups excluding tert-OH is 1. The van der Waals surface area contributed by atoms with Crippen LogP contribution in [0.5, 0.6) is 0 Å². The Morgan fingerprint density at radius 3 is 2.45 bits per heavy atom. The first-order valence-electron chi connectivity index (χ1n) is 8.51. The Morgan fingerprint density at radius 2 is 1.79 bits per heavy atom. The standard InChI is InChI=1S/C20H14FN3O3S2/c1-28-20-23-22-19(29-20)24-15(12-9-5-6-10-13(12)21)14(17(26)18(24)27)16(25)11-7-3-2-4-8-11/h2-10,15,25H,1H3/b16-14+. The molecule has 1 aliphatic heterocycles. The highest BCUT2D eigenvalue weighted by molar-refractivity contribution is 8.00. The molecule has 3 aromatic rings. The summed E-state index contributed by atoms with van der Waals surface area (Å²) in [4.78, 5) is 26.9. The second-order valence-electron chi connectivity index (χ2n) is 6.11. The molecule has 0 spiro atoms. The van der Waals surface area contributed by atoms with Crippen molar-refractivity contribution in [1.29, 1.82) is 0 Å². The number of ketones is 1. The van der Waals surface area contributed by atoms with Gasteiger partial charge in [-0.1, -0.05) is 71.6 Å². The monoisotopic (exact) mass is 427 g/mol. The van der Waals surface area contributed by atoms with Gasteiger partial charge in [-0.2, -0.15) is 0 Å². The van der Waals surface area contributed by atoms with Crippen molar-refractivity contribution >= 4 is 45.7 Å². The van der Waals surface area contributed by atoms with Gasteiger partial charge >= 0.3 is 5.91 Å². The highest BCUT2D eigenvalue weighted by atomic mass is 32.2. The summed E-state index contributed by atoms with van der Waals surface area (Å²) in [5.74, 6) is -2.76. The maximum Gasteiger partial charge on any atom is 0.301 e. The minimum absolute atomic E-state index is 0.0880. The molecule has 1 amide bonds. The predicted octanol–water partition coefficient (Wildman–Crippen LogP) is 4.03. The molecule has 2 heterocycles. The zero-order valence-electron chi connectivity index (χ0n) is 15.1. The third-order valence-electron chi connectivity index (χ3n) is 4.47. The van der Waals surface area contributed by atoms with Crippen LogP contribution in [0.4, 0.5) is 9.52 Å². The van der Waals surface area contributed by atoms with E-state index < -0.39 is 23.5 Å². The van der Waals surface area contributed by atoms with Crippen LogP contribution in [0.15, 0.2) is 64.5 Å². The summed E-state index contributed by atoms with van der Waals surface area (Å²) in [6.45, 7) is 0. The number of aromatic nitrogens is 2. The van der Waals surface area contributed by atoms with E-state index in [9.17, 15) is 19.1 Å². The van der Waals surface area contributed by atoms with E-state index in [0.717, 1.165) is 16.2 Å². The summed E-state index contributed by atoms with van der Waals surface area (Å²) >= 11 is 2.46. The summed E-state index contributed by atoms with van der Waals surface area (Å²) in [6, 6.07) is 13.0. The number of halogens is 1. The lowest BCUT2D eigenvalue weighted by Crippen LogP contribution is -2.29. The zero-order valence-corrected chi connectivity index (χ0v) is 16.7. The van der Waals surface area contributed by atoms with E-state index in [1.807, 2.05) is 6.26 Å². The number of nitrogens with zero attached hydrogens (tertiary/aromatic N) is 3. The van der Waals surface area contributed by atoms with E-state index in [0.29, 0.717) is 9.90 Å². The van der Waals surface area contributed by atoms with Crippen molar-refractivity contribution in [3.8, 4) is 0 Å². The summed E-state index contributed by atoms with van der Waals surface area (Å²) < 4.78 is 15.3. The lowest BCUT2D eigenvalue weighted by molar-refractivity contribution is -0.132. The van der Waals surface area contributed by atoms with Gasteiger partial charge in [0.25, 0.3) is 5.78 Å². The van der Waals surface area contributed by atoms with E-state index in [4.69, 9.17) is 0 Å². The minimum atomic E-state index is -1.15. The van der Waals surface area contributed by atoms with Crippen molar-refractivity contribution in [1.82, 2.24) is 10.2 Å². The van der Waals surface area contributed by atoms with Crippen LogP contribution in [0.1, 0.15) is 17.2 Å². The predicted molar refractivity (Wildman–Crippen MR) is 109 cm³/mol. The highest BCUT2D eigenvalue weighted by Crippen LogP contribution is 2.44. The molecular formula is C20H14FN3O3S2. The van der Waals surface area contributed by atoms with Crippen LogP contribution in [-0.4, -0.2) is 33.3 Å². The number of Topliss-reactive ketones (excluding diaryl/α,β-unsaturated/α-hetero) is 1. The maximum absolute atomic E-state index is 14.7. The number of hydrogen-bond donors (Lipinski definition) is 1. The molecule has 1 N–H and O–H groups in total. The molecule has 29 heavy (non-hydrogen) atoms. The second kappa shape index (κ2) is 7.76. The number of amides is 1. The Hall–Kier alpha value is -3.04. The summed E-state index contributed by atoms with van der Waals surface area (Å²) in [5.41, 5.74) is 0.256. The van der Waals surface area contributed by atoms with Crippen molar-refractivity contribution in [2.45, 2.75) is 10.4 Å². The van der Waals surface area contributed by atoms with Crippen LogP contribution < -0.4 is 4.90 Å². The van der Waals surface area contributed by atoms with Gasteiger partial charge < -0.3 is 5.11 Å². The molecular weight excluding hydrogens is 413 g/mol. The topological polar surface area (TPSA) is 83.4 Å². The number of hydrogen-bond acceptors (Lipinski definition) is 7. The zero-order chi connectivity index (χ0) is 20.5. The van der Waals surface area contributed by atoms with Crippen molar-refractivity contribution in [2.75, 3.05) is 11.2 Å². The van der Waals surface area contributed by atoms with Gasteiger partial charge in [0.1, 0.15) is 17.6 Å². The van der Waals surface area contributed by atoms with Crippen LogP contribution in [0, 0.1) is 5.82 Å². The molecule has 146 valence electrons. The molecule has 0 bridgehead atoms. The number of benzene rings is 2. The van der Waals surface area contributed by atoms with Gasteiger partial charge in [0.05, 0.1) is 5.57 Å². The molecule has 9 heteroatoms. The number of carbonyl (C=O) groups is 2. The van der Waals surface area contributed by atoms with Gasteiger partial charge in [0.15, 0.2) is 4.34 Å². The number of anilines is 1. The molecule has 1 unspecified atom stereocenters. The third-order valence-corrected chi connectivity index (χ3v) is 6.37. The second-order valence-corrected chi connectivity index (χ2v) is 8.12. The SMILES string of the molecule is CSc1nnc(N2C(=O)C(=O)/C(=C(/O)c3ccccc3)C2c2ccccc2F)s1. The molecule has 1 saturated heterocycles. The van der Waals surface area contributed by atoms with Gasteiger partial charge in [0.2, 0.25) is 5.13 Å². The molecule has 1 aromatic heterocycles. The van der Waals surface area contributed by atoms with Gasteiger partial charge in [-0.3, -0.25) is 14.5 Å². The molecule has 0 aliphatic carbocycles. The van der Waals surface area contributed by atoms with E-state index in [1.165, 1.54) is 30.0 Å². The first-order chi connectivity index (χ1) is 14.0. The van der Waals surface area contributed by atoms with E-state index >= 15 is 0 Å². The minimum Gasteiger partial charge on any atom is -0.507 e. The summed E-state index contributed by atoms with van der Waals surface area (Å²) in [6.07, 6.45) is 1.81. The normalized spacial score (nSPS) is 18.4. The Balaban J connectivity index is 1.96. The van der Waals surface area contributed by atoms with Crippen molar-refractivity contribution in [2.24, 2.45) is 0 Å². The van der Waals surface area contributed by atoms with Crippen molar-refractivity contribution in [3.63, 3.8) is 0 Å². The quantitative estimate of drug-likeness (QED) is 0.223. The largest absolute Gasteiger partial charge is 0.507 e. The van der Waals surface area contributed by atoms with E-state index in [1.54, 1.807) is 36.4 Å². The van der Waals surface area contributed by atoms with Crippen molar-refractivity contribution < 1.29 is 19.1 Å². The van der Waals surface area contributed by atoms with Crippen molar-refractivity contribution in [3.05, 3.63) is 77.1 Å². The van der Waals surface area contributed by atoms with Crippen LogP contribution in [-0.2, 0) is 9.59 Å². The Morgan fingerprint density at radius 1 is 1.10 bits per heavy atom. The van der Waals surface area contributed by atoms with Gasteiger partial charge in [0, 0.05) is 11.1 Å². The fraction of sp³-hybridized carbons (Fsp3) is 0.100. The molecule has 4 rings (SSSR count). The molecule has 1 aliphatic rings. The third kappa shape index (κ3) is 3.32. The van der Waals surface area contributed by atoms with Crippen LogP contribution in [0.3, 0.4) is 0 Å². The summed E-state index contributed by atoms with van der Waals surface area (Å²) in [5, 5.41) is 19.0. The van der Waals surface area contributed by atoms with Crippen LogP contribution >= 0.6 is 23.1 Å². The van der Waals surface area contributed by atoms with Gasteiger partial charge in [-0.15, -0.1) is 10.2 Å². The van der Waals surface area contributed by atoms with Gasteiger partial charge in [-0.05, 0) is 12.3 Å². The highest BCUT2D eigenvalue weighted by Gasteiger charge is 2.49. The Labute approximate surface area is 173 Å². The molecule has 1 atom stereocenters. The average molecular weight is 427 g/mol. The molecule has 6 nitrogen and oxygen atoms in total. The number of thioether (sulfide) groups is 1. The maximum atomic E-state index is 14.7. The fourth-order valence-corrected chi connectivity index (χ4v) is 4.44. The van der Waals surface area contributed by atoms with Crippen LogP contribution in [0.2, 0.25) is 0 Å². The van der Waals surface area contributed by atoms with E-state index in [-0.39, 0.29) is 22.0 Å². The Kier molecular flexibility index (Phi) is 5.16. The summed E-state index contributed by atoms with van der Waals surface area (Å²) in [7, 11) is 0. The molecule has 1 fully saturated rings. The lowest BCUT2D eigenvalue weighted by Gasteiger charge is -2.22. The number of rotatable bonds is 4. The average Bonchev–Trinajstić information content (AvgIpc) is 3.31. The van der Waals surface area contributed by atoms with Gasteiger partial charge in [-0.25, -0.2) is 4.39 Å². The van der Waals surface area contributed by atoms with Crippen LogP contribution in [0.25, 0.3) is 5.76 Å². The number of aliphatic hydroxyl groups is 1. The first kappa shape index (κ1) is 19.3. The smallest absolute Gasteiger partial charge is 0.301 e. The Bertz CT molecular complexity index is 1130. The molecule has 2 aromatic carbocycles. The molecule has 0 radical (unpaired) electrons. The lowest BCUT2D eigenvalue weighted by atomic mass is 9.95. The van der Waals surface area contributed by atoms with E-state index in [2.05, 4.69) is 10.2 Å². The number of carbonyl (C=O) groups excluding carboxylic acids is 2. The molecule has 0 saturated carbocycles. The first-order valence-corrected chi connectivity index (χ1v) is 10.6.